The lowest BCUT2D eigenvalue weighted by atomic mass is 10.1. The summed E-state index contributed by atoms with van der Waals surface area (Å²) in [6.45, 7) is 2.42. The van der Waals surface area contributed by atoms with Crippen LogP contribution in [0, 0.1) is 6.92 Å². The highest BCUT2D eigenvalue weighted by atomic mass is 35.5. The zero-order valence-electron chi connectivity index (χ0n) is 15.0. The molecule has 1 saturated heterocycles. The second-order valence-corrected chi connectivity index (χ2v) is 6.90. The standard InChI is InChI=1S/C20H18ClN3O3/c1-12-7-8-14(10-16(12)21)24-11-13(9-18(24)25)19-22-20(27-23-19)15-5-3-4-6-17(15)26-2/h3-8,10,13H,9,11H2,1-2H3. The number of carbonyl (C=O) groups excluding carboxylic acids is 1. The number of hydrogen-bond acceptors (Lipinski definition) is 5. The van der Waals surface area contributed by atoms with Crippen molar-refractivity contribution in [1.29, 1.82) is 0 Å². The minimum atomic E-state index is -0.134. The monoisotopic (exact) mass is 383 g/mol. The molecule has 138 valence electrons. The first kappa shape index (κ1) is 17.5. The number of methoxy groups -OCH3 is 1. The van der Waals surface area contributed by atoms with Gasteiger partial charge in [0.05, 0.1) is 12.7 Å². The molecule has 4 rings (SSSR count). The number of hydrogen-bond donors (Lipinski definition) is 0. The van der Waals surface area contributed by atoms with Crippen molar-refractivity contribution in [3.05, 3.63) is 58.9 Å². The first-order valence-electron chi connectivity index (χ1n) is 8.60. The maximum absolute atomic E-state index is 12.5. The van der Waals surface area contributed by atoms with Crippen molar-refractivity contribution in [3.8, 4) is 17.2 Å². The van der Waals surface area contributed by atoms with Crippen LogP contribution < -0.4 is 9.64 Å². The number of benzene rings is 2. The second-order valence-electron chi connectivity index (χ2n) is 6.50. The van der Waals surface area contributed by atoms with E-state index >= 15 is 0 Å². The molecule has 0 radical (unpaired) electrons. The van der Waals surface area contributed by atoms with E-state index in [1.807, 2.05) is 49.4 Å². The molecule has 1 aromatic heterocycles. The number of nitrogens with zero attached hydrogens (tertiary/aromatic N) is 3. The predicted octanol–water partition coefficient (Wildman–Crippen LogP) is 4.23. The molecule has 0 spiro atoms. The predicted molar refractivity (Wildman–Crippen MR) is 102 cm³/mol. The van der Waals surface area contributed by atoms with E-state index in [1.54, 1.807) is 12.0 Å². The molecule has 0 bridgehead atoms. The van der Waals surface area contributed by atoms with Gasteiger partial charge in [-0.25, -0.2) is 0 Å². The Morgan fingerprint density at radius 3 is 2.85 bits per heavy atom. The van der Waals surface area contributed by atoms with E-state index in [-0.39, 0.29) is 11.8 Å². The number of halogens is 1. The third-order valence-electron chi connectivity index (χ3n) is 4.74. The zero-order chi connectivity index (χ0) is 19.0. The summed E-state index contributed by atoms with van der Waals surface area (Å²) in [5, 5.41) is 4.74. The smallest absolute Gasteiger partial charge is 0.261 e. The molecule has 1 fully saturated rings. The second kappa shape index (κ2) is 7.04. The van der Waals surface area contributed by atoms with Gasteiger partial charge in [0.2, 0.25) is 5.91 Å². The van der Waals surface area contributed by atoms with Crippen molar-refractivity contribution < 1.29 is 14.1 Å². The van der Waals surface area contributed by atoms with E-state index < -0.39 is 0 Å². The van der Waals surface area contributed by atoms with E-state index in [0.29, 0.717) is 35.5 Å². The van der Waals surface area contributed by atoms with Gasteiger partial charge in [-0.15, -0.1) is 0 Å². The summed E-state index contributed by atoms with van der Waals surface area (Å²) in [6, 6.07) is 13.1. The molecule has 3 aromatic rings. The minimum absolute atomic E-state index is 0.0172. The number of rotatable bonds is 4. The van der Waals surface area contributed by atoms with E-state index in [2.05, 4.69) is 10.1 Å². The highest BCUT2D eigenvalue weighted by Gasteiger charge is 2.35. The number of amides is 1. The highest BCUT2D eigenvalue weighted by Crippen LogP contribution is 2.34. The highest BCUT2D eigenvalue weighted by molar-refractivity contribution is 6.31. The summed E-state index contributed by atoms with van der Waals surface area (Å²) in [4.78, 5) is 18.7. The topological polar surface area (TPSA) is 68.5 Å². The Balaban J connectivity index is 1.58. The van der Waals surface area contributed by atoms with Crippen LogP contribution in [0.25, 0.3) is 11.5 Å². The van der Waals surface area contributed by atoms with Crippen molar-refractivity contribution in [2.45, 2.75) is 19.3 Å². The summed E-state index contributed by atoms with van der Waals surface area (Å²) in [6.07, 6.45) is 0.330. The van der Waals surface area contributed by atoms with Crippen molar-refractivity contribution in [1.82, 2.24) is 10.1 Å². The number of carbonyl (C=O) groups is 1. The SMILES string of the molecule is COc1ccccc1-c1nc(C2CC(=O)N(c3ccc(C)c(Cl)c3)C2)no1. The molecule has 2 aromatic carbocycles. The van der Waals surface area contributed by atoms with Gasteiger partial charge in [-0.2, -0.15) is 4.98 Å². The van der Waals surface area contributed by atoms with Gasteiger partial charge in [-0.3, -0.25) is 4.79 Å². The Kier molecular flexibility index (Phi) is 4.58. The Morgan fingerprint density at radius 1 is 1.26 bits per heavy atom. The van der Waals surface area contributed by atoms with Crippen LogP contribution in [-0.4, -0.2) is 29.7 Å². The minimum Gasteiger partial charge on any atom is -0.496 e. The molecule has 1 aliphatic heterocycles. The van der Waals surface area contributed by atoms with Gasteiger partial charge in [0.25, 0.3) is 5.89 Å². The summed E-state index contributed by atoms with van der Waals surface area (Å²) in [5.41, 5.74) is 2.49. The van der Waals surface area contributed by atoms with Gasteiger partial charge in [0, 0.05) is 29.6 Å². The molecule has 6 nitrogen and oxygen atoms in total. The van der Waals surface area contributed by atoms with Crippen molar-refractivity contribution in [2.75, 3.05) is 18.6 Å². The Morgan fingerprint density at radius 2 is 2.07 bits per heavy atom. The lowest BCUT2D eigenvalue weighted by molar-refractivity contribution is -0.117. The van der Waals surface area contributed by atoms with Crippen LogP contribution in [0.15, 0.2) is 47.0 Å². The summed E-state index contributed by atoms with van der Waals surface area (Å²) < 4.78 is 10.8. The van der Waals surface area contributed by atoms with Crippen LogP contribution in [0.2, 0.25) is 5.02 Å². The fourth-order valence-electron chi connectivity index (χ4n) is 3.21. The average Bonchev–Trinajstić information content (AvgIpc) is 3.31. The van der Waals surface area contributed by atoms with Crippen molar-refractivity contribution in [2.24, 2.45) is 0 Å². The number of para-hydroxylation sites is 1. The molecule has 1 amide bonds. The van der Waals surface area contributed by atoms with Gasteiger partial charge in [-0.1, -0.05) is 35.0 Å². The fourth-order valence-corrected chi connectivity index (χ4v) is 3.39. The quantitative estimate of drug-likeness (QED) is 0.674. The molecule has 2 heterocycles. The molecule has 1 atom stereocenters. The first-order chi connectivity index (χ1) is 13.1. The van der Waals surface area contributed by atoms with Crippen LogP contribution in [0.4, 0.5) is 5.69 Å². The molecular weight excluding hydrogens is 366 g/mol. The molecule has 0 N–H and O–H groups in total. The van der Waals surface area contributed by atoms with E-state index in [1.165, 1.54) is 0 Å². The Hall–Kier alpha value is -2.86. The van der Waals surface area contributed by atoms with Crippen LogP contribution in [-0.2, 0) is 4.79 Å². The first-order valence-corrected chi connectivity index (χ1v) is 8.98. The van der Waals surface area contributed by atoms with Crippen LogP contribution >= 0.6 is 11.6 Å². The number of aromatic nitrogens is 2. The molecule has 7 heteroatoms. The van der Waals surface area contributed by atoms with Crippen molar-refractivity contribution >= 4 is 23.2 Å². The Labute approximate surface area is 161 Å². The number of aryl methyl sites for hydroxylation is 1. The third-order valence-corrected chi connectivity index (χ3v) is 5.14. The summed E-state index contributed by atoms with van der Waals surface area (Å²) in [7, 11) is 1.59. The van der Waals surface area contributed by atoms with Gasteiger partial charge in [-0.05, 0) is 36.8 Å². The maximum Gasteiger partial charge on any atom is 0.261 e. The maximum atomic E-state index is 12.5. The van der Waals surface area contributed by atoms with Crippen LogP contribution in [0.3, 0.4) is 0 Å². The van der Waals surface area contributed by atoms with E-state index in [4.69, 9.17) is 20.9 Å². The fraction of sp³-hybridized carbons (Fsp3) is 0.250. The average molecular weight is 384 g/mol. The number of anilines is 1. The molecule has 0 aliphatic carbocycles. The third kappa shape index (κ3) is 3.28. The molecule has 1 unspecified atom stereocenters. The van der Waals surface area contributed by atoms with E-state index in [9.17, 15) is 4.79 Å². The summed E-state index contributed by atoms with van der Waals surface area (Å²) in [5.74, 6) is 1.44. The van der Waals surface area contributed by atoms with Crippen LogP contribution in [0.5, 0.6) is 5.75 Å². The lowest BCUT2D eigenvalue weighted by Crippen LogP contribution is -2.24. The van der Waals surface area contributed by atoms with Crippen LogP contribution in [0.1, 0.15) is 23.7 Å². The molecule has 1 aliphatic rings. The molecule has 0 saturated carbocycles. The molecule has 27 heavy (non-hydrogen) atoms. The normalized spacial score (nSPS) is 16.8. The van der Waals surface area contributed by atoms with Gasteiger partial charge < -0.3 is 14.2 Å². The number of ether oxygens (including phenoxy) is 1. The van der Waals surface area contributed by atoms with Gasteiger partial charge in [0.15, 0.2) is 5.82 Å². The summed E-state index contributed by atoms with van der Waals surface area (Å²) >= 11 is 6.20. The van der Waals surface area contributed by atoms with Crippen molar-refractivity contribution in [3.63, 3.8) is 0 Å². The Bertz CT molecular complexity index is 1000. The van der Waals surface area contributed by atoms with Gasteiger partial charge >= 0.3 is 0 Å². The molecular formula is C20H18ClN3O3. The van der Waals surface area contributed by atoms with Gasteiger partial charge in [0.1, 0.15) is 5.75 Å². The largest absolute Gasteiger partial charge is 0.496 e. The van der Waals surface area contributed by atoms with E-state index in [0.717, 1.165) is 16.8 Å². The lowest BCUT2D eigenvalue weighted by Gasteiger charge is -2.17. The zero-order valence-corrected chi connectivity index (χ0v) is 15.7.